The van der Waals surface area contributed by atoms with Crippen LogP contribution in [0.2, 0.25) is 0 Å². The van der Waals surface area contributed by atoms with Crippen molar-refractivity contribution in [3.63, 3.8) is 0 Å². The van der Waals surface area contributed by atoms with Crippen LogP contribution in [0, 0.1) is 6.92 Å². The van der Waals surface area contributed by atoms with Gasteiger partial charge in [0, 0.05) is 5.39 Å². The molecule has 26 heavy (non-hydrogen) atoms. The number of nitrogens with one attached hydrogen (secondary N) is 1. The Morgan fingerprint density at radius 3 is 2.50 bits per heavy atom. The van der Waals surface area contributed by atoms with Gasteiger partial charge in [0.1, 0.15) is 11.3 Å². The molecule has 9 heteroatoms. The number of carbonyl (C=O) groups is 2. The quantitative estimate of drug-likeness (QED) is 0.626. The summed E-state index contributed by atoms with van der Waals surface area (Å²) in [5.41, 5.74) is 5.65. The third-order valence-corrected chi connectivity index (χ3v) is 5.27. The Morgan fingerprint density at radius 2 is 1.85 bits per heavy atom. The summed E-state index contributed by atoms with van der Waals surface area (Å²) in [5, 5.41) is 9.45. The second kappa shape index (κ2) is 6.19. The van der Waals surface area contributed by atoms with Gasteiger partial charge in [-0.2, -0.15) is 0 Å². The molecule has 0 saturated carbocycles. The molecule has 0 fully saturated rings. The van der Waals surface area contributed by atoms with Gasteiger partial charge >= 0.3 is 5.97 Å². The van der Waals surface area contributed by atoms with Crippen LogP contribution in [0.5, 0.6) is 0 Å². The third kappa shape index (κ3) is 3.00. The molecular weight excluding hydrogens is 360 g/mol. The van der Waals surface area contributed by atoms with E-state index in [4.69, 9.17) is 15.3 Å². The molecule has 134 valence electrons. The summed E-state index contributed by atoms with van der Waals surface area (Å²) in [4.78, 5) is 22.6. The number of primary amides is 1. The van der Waals surface area contributed by atoms with Crippen molar-refractivity contribution in [2.24, 2.45) is 5.73 Å². The highest BCUT2D eigenvalue weighted by atomic mass is 32.2. The first-order valence-corrected chi connectivity index (χ1v) is 8.87. The second-order valence-electron chi connectivity index (χ2n) is 5.56. The molecule has 1 aromatic heterocycles. The minimum Gasteiger partial charge on any atom is -0.478 e. The summed E-state index contributed by atoms with van der Waals surface area (Å²) >= 11 is 0. The Labute approximate surface area is 148 Å². The smallest absolute Gasteiger partial charge is 0.335 e. The molecule has 0 unspecified atom stereocenters. The van der Waals surface area contributed by atoms with Crippen molar-refractivity contribution >= 4 is 38.6 Å². The van der Waals surface area contributed by atoms with Gasteiger partial charge in [-0.15, -0.1) is 0 Å². The monoisotopic (exact) mass is 374 g/mol. The molecule has 1 amide bonds. The lowest BCUT2D eigenvalue weighted by molar-refractivity contribution is 0.0696. The lowest BCUT2D eigenvalue weighted by Gasteiger charge is -2.11. The van der Waals surface area contributed by atoms with E-state index in [1.807, 2.05) is 0 Å². The van der Waals surface area contributed by atoms with Crippen LogP contribution in [0.15, 0.2) is 51.8 Å². The van der Waals surface area contributed by atoms with Crippen LogP contribution in [0.1, 0.15) is 26.5 Å². The Hall–Kier alpha value is -3.33. The molecule has 0 atom stereocenters. The summed E-state index contributed by atoms with van der Waals surface area (Å²) < 4.78 is 33.3. The number of furan rings is 1. The Balaban J connectivity index is 2.16. The van der Waals surface area contributed by atoms with Gasteiger partial charge in [0.25, 0.3) is 15.9 Å². The van der Waals surface area contributed by atoms with E-state index < -0.39 is 21.9 Å². The summed E-state index contributed by atoms with van der Waals surface area (Å²) in [6, 6.07) is 10.2. The lowest BCUT2D eigenvalue weighted by Crippen LogP contribution is -2.18. The number of nitrogens with two attached hydrogens (primary N) is 1. The maximum absolute atomic E-state index is 12.8. The van der Waals surface area contributed by atoms with Gasteiger partial charge in [0.2, 0.25) is 5.76 Å². The van der Waals surface area contributed by atoms with E-state index in [1.165, 1.54) is 19.1 Å². The molecule has 1 heterocycles. The molecule has 0 radical (unpaired) electrons. The number of sulfonamides is 1. The molecule has 2 aromatic carbocycles. The number of carboxylic acids is 1. The van der Waals surface area contributed by atoms with Crippen molar-refractivity contribution in [3.05, 3.63) is 59.4 Å². The van der Waals surface area contributed by atoms with Crippen molar-refractivity contribution in [2.45, 2.75) is 11.8 Å². The normalized spacial score (nSPS) is 11.4. The fourth-order valence-electron chi connectivity index (χ4n) is 2.53. The molecule has 3 aromatic rings. The highest BCUT2D eigenvalue weighted by molar-refractivity contribution is 7.92. The summed E-state index contributed by atoms with van der Waals surface area (Å²) in [5.74, 6) is -2.52. The standard InChI is InChI=1S/C17H14N2O6S/c1-9-6-7-10(17(21)22)8-13(9)26(23,24)19-14-11-4-2-3-5-12(11)25-15(14)16(18)20/h2-8,19H,1H3,(H2,18,20)(H,21,22). The molecule has 4 N–H and O–H groups in total. The van der Waals surface area contributed by atoms with Crippen LogP contribution < -0.4 is 10.5 Å². The zero-order valence-corrected chi connectivity index (χ0v) is 14.3. The molecule has 0 aliphatic carbocycles. The largest absolute Gasteiger partial charge is 0.478 e. The van der Waals surface area contributed by atoms with E-state index in [2.05, 4.69) is 4.72 Å². The van der Waals surface area contributed by atoms with E-state index in [1.54, 1.807) is 24.3 Å². The first-order valence-electron chi connectivity index (χ1n) is 7.39. The fourth-order valence-corrected chi connectivity index (χ4v) is 3.89. The second-order valence-corrected chi connectivity index (χ2v) is 7.21. The zero-order valence-electron chi connectivity index (χ0n) is 13.5. The van der Waals surface area contributed by atoms with E-state index in [9.17, 15) is 18.0 Å². The van der Waals surface area contributed by atoms with E-state index in [0.29, 0.717) is 10.9 Å². The van der Waals surface area contributed by atoms with Crippen LogP contribution in [0.4, 0.5) is 5.69 Å². The summed E-state index contributed by atoms with van der Waals surface area (Å²) in [6.07, 6.45) is 0. The number of aromatic carboxylic acids is 1. The summed E-state index contributed by atoms with van der Waals surface area (Å²) in [6.45, 7) is 1.53. The van der Waals surface area contributed by atoms with E-state index in [-0.39, 0.29) is 27.5 Å². The number of hydrogen-bond donors (Lipinski definition) is 3. The van der Waals surface area contributed by atoms with Crippen LogP contribution >= 0.6 is 0 Å². The zero-order chi connectivity index (χ0) is 19.1. The van der Waals surface area contributed by atoms with Crippen LogP contribution in [0.3, 0.4) is 0 Å². The molecule has 0 bridgehead atoms. The SMILES string of the molecule is Cc1ccc(C(=O)O)cc1S(=O)(=O)Nc1c(C(N)=O)oc2ccccc12. The van der Waals surface area contributed by atoms with Crippen molar-refractivity contribution in [1.82, 2.24) is 0 Å². The molecule has 3 rings (SSSR count). The van der Waals surface area contributed by atoms with Gasteiger partial charge in [-0.1, -0.05) is 18.2 Å². The fraction of sp³-hybridized carbons (Fsp3) is 0.0588. The van der Waals surface area contributed by atoms with E-state index >= 15 is 0 Å². The molecular formula is C17H14N2O6S. The third-order valence-electron chi connectivity index (χ3n) is 3.78. The number of carbonyl (C=O) groups excluding carboxylic acids is 1. The van der Waals surface area contributed by atoms with Crippen LogP contribution in [0.25, 0.3) is 11.0 Å². The molecule has 8 nitrogen and oxygen atoms in total. The number of benzene rings is 2. The number of rotatable bonds is 5. The lowest BCUT2D eigenvalue weighted by atomic mass is 10.1. The Kier molecular flexibility index (Phi) is 4.17. The number of para-hydroxylation sites is 1. The van der Waals surface area contributed by atoms with Crippen LogP contribution in [-0.4, -0.2) is 25.4 Å². The first kappa shape index (κ1) is 17.5. The van der Waals surface area contributed by atoms with Gasteiger partial charge in [-0.3, -0.25) is 9.52 Å². The highest BCUT2D eigenvalue weighted by Gasteiger charge is 2.25. The van der Waals surface area contributed by atoms with Crippen molar-refractivity contribution in [1.29, 1.82) is 0 Å². The van der Waals surface area contributed by atoms with Gasteiger partial charge in [0.15, 0.2) is 0 Å². The first-order chi connectivity index (χ1) is 12.2. The van der Waals surface area contributed by atoms with Crippen LogP contribution in [-0.2, 0) is 10.0 Å². The molecule has 0 spiro atoms. The molecule has 0 aliphatic heterocycles. The predicted octanol–water partition coefficient (Wildman–Crippen LogP) is 2.34. The number of carboxylic acid groups (broad SMARTS) is 1. The topological polar surface area (TPSA) is 140 Å². The average molecular weight is 374 g/mol. The molecule has 0 saturated heterocycles. The summed E-state index contributed by atoms with van der Waals surface area (Å²) in [7, 11) is -4.20. The van der Waals surface area contributed by atoms with Gasteiger partial charge in [-0.25, -0.2) is 13.2 Å². The maximum Gasteiger partial charge on any atom is 0.335 e. The number of hydrogen-bond acceptors (Lipinski definition) is 5. The maximum atomic E-state index is 12.8. The van der Waals surface area contributed by atoms with Crippen molar-refractivity contribution in [3.8, 4) is 0 Å². The van der Waals surface area contributed by atoms with Crippen molar-refractivity contribution < 1.29 is 27.5 Å². The van der Waals surface area contributed by atoms with E-state index in [0.717, 1.165) is 6.07 Å². The Morgan fingerprint density at radius 1 is 1.15 bits per heavy atom. The van der Waals surface area contributed by atoms with Gasteiger partial charge in [-0.05, 0) is 36.8 Å². The number of anilines is 1. The minimum absolute atomic E-state index is 0.0896. The van der Waals surface area contributed by atoms with Crippen molar-refractivity contribution in [2.75, 3.05) is 4.72 Å². The molecule has 0 aliphatic rings. The number of amides is 1. The highest BCUT2D eigenvalue weighted by Crippen LogP contribution is 2.32. The predicted molar refractivity (Wildman–Crippen MR) is 93.7 cm³/mol. The minimum atomic E-state index is -4.20. The number of fused-ring (bicyclic) bond motifs is 1. The Bertz CT molecular complexity index is 1150. The average Bonchev–Trinajstić information content (AvgIpc) is 2.93. The van der Waals surface area contributed by atoms with Gasteiger partial charge in [0.05, 0.1) is 10.5 Å². The number of aryl methyl sites for hydroxylation is 1. The van der Waals surface area contributed by atoms with Gasteiger partial charge < -0.3 is 15.3 Å².